The molecular formula is C23H28N4O3S2. The molecule has 9 heteroatoms. The number of thiophene rings is 1. The first-order valence-electron chi connectivity index (χ1n) is 10.6. The summed E-state index contributed by atoms with van der Waals surface area (Å²) in [6.07, 6.45) is 0. The van der Waals surface area contributed by atoms with Gasteiger partial charge in [-0.2, -0.15) is 0 Å². The second-order valence-electron chi connectivity index (χ2n) is 7.48. The van der Waals surface area contributed by atoms with Gasteiger partial charge in [-0.25, -0.2) is 4.79 Å². The molecule has 0 unspecified atom stereocenters. The van der Waals surface area contributed by atoms with Crippen molar-refractivity contribution < 1.29 is 14.3 Å². The number of aromatic nitrogens is 3. The molecule has 170 valence electrons. The first-order chi connectivity index (χ1) is 15.3. The summed E-state index contributed by atoms with van der Waals surface area (Å²) in [6.45, 7) is 11.0. The third kappa shape index (κ3) is 5.58. The summed E-state index contributed by atoms with van der Waals surface area (Å²) in [5.74, 6) is 0.761. The van der Waals surface area contributed by atoms with E-state index in [0.717, 1.165) is 16.3 Å². The molecule has 0 saturated carbocycles. The van der Waals surface area contributed by atoms with Crippen molar-refractivity contribution >= 4 is 40.0 Å². The smallest absolute Gasteiger partial charge is 0.341 e. The van der Waals surface area contributed by atoms with E-state index in [0.29, 0.717) is 28.2 Å². The molecule has 0 aliphatic carbocycles. The van der Waals surface area contributed by atoms with Gasteiger partial charge in [0.2, 0.25) is 5.91 Å². The van der Waals surface area contributed by atoms with Gasteiger partial charge >= 0.3 is 5.97 Å². The van der Waals surface area contributed by atoms with Gasteiger partial charge in [-0.1, -0.05) is 49.9 Å². The molecule has 0 bridgehead atoms. The van der Waals surface area contributed by atoms with Crippen molar-refractivity contribution in [2.24, 2.45) is 0 Å². The van der Waals surface area contributed by atoms with Crippen LogP contribution in [-0.2, 0) is 16.1 Å². The zero-order valence-electron chi connectivity index (χ0n) is 19.0. The highest BCUT2D eigenvalue weighted by Gasteiger charge is 2.19. The Hall–Kier alpha value is -2.65. The summed E-state index contributed by atoms with van der Waals surface area (Å²) in [6, 6.07) is 10.1. The Morgan fingerprint density at radius 2 is 1.91 bits per heavy atom. The fourth-order valence-electron chi connectivity index (χ4n) is 3.17. The number of anilines is 1. The minimum absolute atomic E-state index is 0.156. The van der Waals surface area contributed by atoms with E-state index in [1.807, 2.05) is 18.4 Å². The molecule has 2 heterocycles. The van der Waals surface area contributed by atoms with Crippen molar-refractivity contribution in [3.8, 4) is 11.4 Å². The van der Waals surface area contributed by atoms with Crippen LogP contribution < -0.4 is 5.32 Å². The second kappa shape index (κ2) is 10.8. The van der Waals surface area contributed by atoms with E-state index < -0.39 is 5.97 Å². The lowest BCUT2D eigenvalue weighted by Crippen LogP contribution is -2.16. The van der Waals surface area contributed by atoms with Gasteiger partial charge in [0, 0.05) is 17.0 Å². The van der Waals surface area contributed by atoms with Crippen LogP contribution in [-0.4, -0.2) is 39.0 Å². The fourth-order valence-corrected chi connectivity index (χ4v) is 4.89. The Kier molecular flexibility index (Phi) is 8.09. The van der Waals surface area contributed by atoms with Gasteiger partial charge in [0.05, 0.1) is 17.9 Å². The van der Waals surface area contributed by atoms with Crippen LogP contribution in [0.5, 0.6) is 0 Å². The Morgan fingerprint density at radius 1 is 1.19 bits per heavy atom. The molecular weight excluding hydrogens is 444 g/mol. The number of aryl methyl sites for hydroxylation is 1. The maximum Gasteiger partial charge on any atom is 0.341 e. The van der Waals surface area contributed by atoms with Crippen LogP contribution in [0.25, 0.3) is 11.4 Å². The molecule has 1 N–H and O–H groups in total. The molecule has 1 aromatic carbocycles. The largest absolute Gasteiger partial charge is 0.462 e. The van der Waals surface area contributed by atoms with Crippen LogP contribution in [0, 0.1) is 6.92 Å². The zero-order chi connectivity index (χ0) is 23.3. The standard InChI is InChI=1S/C23H28N4O3S2/c1-6-27-20(17-10-8-16(9-11-17)14(3)4)25-26-23(27)31-13-19(28)24-21-18(12-15(5)32-21)22(29)30-7-2/h8-12,14H,6-7,13H2,1-5H3,(H,24,28). The Balaban J connectivity index is 1.69. The second-order valence-corrected chi connectivity index (χ2v) is 9.68. The summed E-state index contributed by atoms with van der Waals surface area (Å²) < 4.78 is 7.08. The SMILES string of the molecule is CCOC(=O)c1cc(C)sc1NC(=O)CSc1nnc(-c2ccc(C(C)C)cc2)n1CC. The predicted octanol–water partition coefficient (Wildman–Crippen LogP) is 5.37. The van der Waals surface area contributed by atoms with Crippen LogP contribution in [0.15, 0.2) is 35.5 Å². The van der Waals surface area contributed by atoms with Crippen LogP contribution in [0.1, 0.15) is 54.4 Å². The van der Waals surface area contributed by atoms with E-state index in [1.165, 1.54) is 28.7 Å². The summed E-state index contributed by atoms with van der Waals surface area (Å²) in [5, 5.41) is 12.7. The van der Waals surface area contributed by atoms with E-state index in [2.05, 4.69) is 53.6 Å². The summed E-state index contributed by atoms with van der Waals surface area (Å²) in [5.41, 5.74) is 2.65. The summed E-state index contributed by atoms with van der Waals surface area (Å²) in [4.78, 5) is 25.6. The number of carbonyl (C=O) groups is 2. The third-order valence-electron chi connectivity index (χ3n) is 4.80. The highest BCUT2D eigenvalue weighted by atomic mass is 32.2. The van der Waals surface area contributed by atoms with Gasteiger partial charge in [-0.05, 0) is 38.3 Å². The maximum absolute atomic E-state index is 12.6. The molecule has 32 heavy (non-hydrogen) atoms. The number of rotatable bonds is 9. The number of nitrogens with one attached hydrogen (secondary N) is 1. The van der Waals surface area contributed by atoms with Crippen molar-refractivity contribution in [2.75, 3.05) is 17.7 Å². The van der Waals surface area contributed by atoms with E-state index in [-0.39, 0.29) is 18.3 Å². The molecule has 3 rings (SSSR count). The van der Waals surface area contributed by atoms with Crippen LogP contribution in [0.3, 0.4) is 0 Å². The number of nitrogens with zero attached hydrogens (tertiary/aromatic N) is 3. The molecule has 0 spiro atoms. The number of ether oxygens (including phenoxy) is 1. The predicted molar refractivity (Wildman–Crippen MR) is 130 cm³/mol. The molecule has 0 atom stereocenters. The first-order valence-corrected chi connectivity index (χ1v) is 12.4. The maximum atomic E-state index is 12.6. The van der Waals surface area contributed by atoms with E-state index in [1.54, 1.807) is 13.0 Å². The molecule has 3 aromatic rings. The Labute approximate surface area is 196 Å². The minimum atomic E-state index is -0.432. The Morgan fingerprint density at radius 3 is 2.53 bits per heavy atom. The van der Waals surface area contributed by atoms with Gasteiger partial charge in [0.1, 0.15) is 5.00 Å². The lowest BCUT2D eigenvalue weighted by atomic mass is 10.0. The third-order valence-corrected chi connectivity index (χ3v) is 6.74. The number of carbonyl (C=O) groups excluding carboxylic acids is 2. The molecule has 0 radical (unpaired) electrons. The van der Waals surface area contributed by atoms with Crippen molar-refractivity contribution in [1.82, 2.24) is 14.8 Å². The molecule has 0 fully saturated rings. The Bertz CT molecular complexity index is 1090. The average Bonchev–Trinajstić information content (AvgIpc) is 3.35. The molecule has 7 nitrogen and oxygen atoms in total. The highest BCUT2D eigenvalue weighted by Crippen LogP contribution is 2.29. The average molecular weight is 473 g/mol. The molecule has 0 aliphatic rings. The fraction of sp³-hybridized carbons (Fsp3) is 0.391. The minimum Gasteiger partial charge on any atom is -0.462 e. The number of amides is 1. The van der Waals surface area contributed by atoms with Gasteiger partial charge in [-0.15, -0.1) is 21.5 Å². The van der Waals surface area contributed by atoms with Crippen molar-refractivity contribution in [3.63, 3.8) is 0 Å². The molecule has 2 aromatic heterocycles. The first kappa shape index (κ1) is 24.0. The zero-order valence-corrected chi connectivity index (χ0v) is 20.6. The molecule has 0 aliphatic heterocycles. The van der Waals surface area contributed by atoms with Crippen LogP contribution in [0.4, 0.5) is 5.00 Å². The van der Waals surface area contributed by atoms with Crippen molar-refractivity contribution in [3.05, 3.63) is 46.3 Å². The van der Waals surface area contributed by atoms with Crippen LogP contribution >= 0.6 is 23.1 Å². The number of thioether (sulfide) groups is 1. The molecule has 0 saturated heterocycles. The van der Waals surface area contributed by atoms with E-state index in [4.69, 9.17) is 4.74 Å². The number of esters is 1. The monoisotopic (exact) mass is 472 g/mol. The van der Waals surface area contributed by atoms with Crippen LogP contribution in [0.2, 0.25) is 0 Å². The number of hydrogen-bond donors (Lipinski definition) is 1. The number of hydrogen-bond acceptors (Lipinski definition) is 7. The van der Waals surface area contributed by atoms with Gasteiger partial charge in [0.15, 0.2) is 11.0 Å². The topological polar surface area (TPSA) is 86.1 Å². The lowest BCUT2D eigenvalue weighted by Gasteiger charge is -2.09. The van der Waals surface area contributed by atoms with E-state index in [9.17, 15) is 9.59 Å². The van der Waals surface area contributed by atoms with Gasteiger partial charge in [-0.3, -0.25) is 4.79 Å². The highest BCUT2D eigenvalue weighted by molar-refractivity contribution is 7.99. The lowest BCUT2D eigenvalue weighted by molar-refractivity contribution is -0.113. The quantitative estimate of drug-likeness (QED) is 0.333. The molecule has 1 amide bonds. The van der Waals surface area contributed by atoms with Crippen molar-refractivity contribution in [2.45, 2.75) is 52.2 Å². The number of benzene rings is 1. The normalized spacial score (nSPS) is 11.1. The van der Waals surface area contributed by atoms with E-state index >= 15 is 0 Å². The summed E-state index contributed by atoms with van der Waals surface area (Å²) in [7, 11) is 0. The van der Waals surface area contributed by atoms with Gasteiger partial charge < -0.3 is 14.6 Å². The van der Waals surface area contributed by atoms with Crippen molar-refractivity contribution in [1.29, 1.82) is 0 Å². The summed E-state index contributed by atoms with van der Waals surface area (Å²) >= 11 is 2.68. The van der Waals surface area contributed by atoms with Gasteiger partial charge in [0.25, 0.3) is 0 Å².